The summed E-state index contributed by atoms with van der Waals surface area (Å²) in [6.07, 6.45) is 0. The van der Waals surface area contributed by atoms with Gasteiger partial charge in [-0.15, -0.1) is 21.5 Å². The summed E-state index contributed by atoms with van der Waals surface area (Å²) in [5.74, 6) is 0.492. The van der Waals surface area contributed by atoms with Crippen LogP contribution in [-0.4, -0.2) is 31.5 Å². The number of amides is 1. The average molecular weight is 365 g/mol. The highest BCUT2D eigenvalue weighted by atomic mass is 32.2. The Labute approximate surface area is 146 Å². The van der Waals surface area contributed by atoms with Crippen LogP contribution in [-0.2, 0) is 4.79 Å². The quantitative estimate of drug-likeness (QED) is 0.687. The number of carbonyl (C=O) groups is 1. The van der Waals surface area contributed by atoms with E-state index in [1.165, 1.54) is 23.1 Å². The van der Waals surface area contributed by atoms with Crippen molar-refractivity contribution in [2.75, 3.05) is 5.32 Å². The van der Waals surface area contributed by atoms with E-state index in [-0.39, 0.29) is 5.91 Å². The molecule has 3 heterocycles. The molecule has 0 spiro atoms. The number of anilines is 1. The smallest absolute Gasteiger partial charge is 0.277 e. The molecule has 0 aliphatic rings. The third-order valence-corrected chi connectivity index (χ3v) is 5.02. The molecule has 3 rings (SSSR count). The first-order valence-corrected chi connectivity index (χ1v) is 8.80. The van der Waals surface area contributed by atoms with Gasteiger partial charge in [0.2, 0.25) is 11.8 Å². The van der Waals surface area contributed by atoms with Gasteiger partial charge in [-0.25, -0.2) is 4.98 Å². The molecule has 10 heteroatoms. The largest absolute Gasteiger partial charge is 0.410 e. The van der Waals surface area contributed by atoms with Crippen molar-refractivity contribution in [2.24, 2.45) is 0 Å². The van der Waals surface area contributed by atoms with E-state index < -0.39 is 5.25 Å². The Morgan fingerprint density at radius 2 is 2.12 bits per heavy atom. The van der Waals surface area contributed by atoms with Crippen LogP contribution in [0, 0.1) is 20.8 Å². The van der Waals surface area contributed by atoms with Gasteiger partial charge in [-0.05, 0) is 27.7 Å². The molecule has 0 saturated heterocycles. The van der Waals surface area contributed by atoms with E-state index in [0.717, 1.165) is 15.6 Å². The molecule has 0 aliphatic heterocycles. The molecule has 126 valence electrons. The molecule has 0 bridgehead atoms. The predicted octanol–water partition coefficient (Wildman–Crippen LogP) is 3.23. The lowest BCUT2D eigenvalue weighted by Crippen LogP contribution is -2.22. The molecule has 0 aromatic carbocycles. The molecular formula is C14H15N5O3S2. The average Bonchev–Trinajstić information content (AvgIpc) is 3.20. The van der Waals surface area contributed by atoms with E-state index in [2.05, 4.69) is 25.7 Å². The Morgan fingerprint density at radius 1 is 1.33 bits per heavy atom. The molecule has 8 nitrogen and oxygen atoms in total. The number of thiazole rings is 1. The predicted molar refractivity (Wildman–Crippen MR) is 90.1 cm³/mol. The zero-order valence-electron chi connectivity index (χ0n) is 13.5. The molecule has 0 saturated carbocycles. The van der Waals surface area contributed by atoms with Gasteiger partial charge in [-0.1, -0.05) is 16.9 Å². The molecule has 1 N–H and O–H groups in total. The molecule has 0 fully saturated rings. The zero-order chi connectivity index (χ0) is 17.3. The molecule has 3 aromatic heterocycles. The topological polar surface area (TPSA) is 107 Å². The summed E-state index contributed by atoms with van der Waals surface area (Å²) >= 11 is 2.67. The zero-order valence-corrected chi connectivity index (χ0v) is 15.1. The van der Waals surface area contributed by atoms with E-state index >= 15 is 0 Å². The Balaban J connectivity index is 1.65. The minimum absolute atomic E-state index is 0.235. The van der Waals surface area contributed by atoms with Crippen LogP contribution >= 0.6 is 23.1 Å². The van der Waals surface area contributed by atoms with Crippen molar-refractivity contribution in [1.29, 1.82) is 0 Å². The summed E-state index contributed by atoms with van der Waals surface area (Å²) < 4.78 is 10.6. The number of hydrogen-bond donors (Lipinski definition) is 1. The molecule has 0 radical (unpaired) electrons. The maximum absolute atomic E-state index is 12.1. The van der Waals surface area contributed by atoms with Crippen molar-refractivity contribution in [2.45, 2.75) is 38.2 Å². The van der Waals surface area contributed by atoms with Gasteiger partial charge in [0.25, 0.3) is 11.1 Å². The van der Waals surface area contributed by atoms with Gasteiger partial charge in [0, 0.05) is 6.07 Å². The van der Waals surface area contributed by atoms with E-state index in [1.807, 2.05) is 13.8 Å². The van der Waals surface area contributed by atoms with Crippen molar-refractivity contribution in [1.82, 2.24) is 20.3 Å². The van der Waals surface area contributed by atoms with E-state index in [9.17, 15) is 4.79 Å². The van der Waals surface area contributed by atoms with Crippen LogP contribution in [0.2, 0.25) is 0 Å². The standard InChI is InChI=1S/C14H15N5O3S2/c1-6-5-10(22-19-6)16-12(20)8(3)23-14-18-17-13(21-14)11-7(2)15-9(4)24-11/h5,8H,1-4H3,(H,16,20). The Hall–Kier alpha value is -2.20. The van der Waals surface area contributed by atoms with Gasteiger partial charge in [0.1, 0.15) is 4.88 Å². The van der Waals surface area contributed by atoms with Gasteiger partial charge < -0.3 is 8.94 Å². The molecule has 0 aliphatic carbocycles. The van der Waals surface area contributed by atoms with E-state index in [0.29, 0.717) is 22.7 Å². The number of hydrogen-bond acceptors (Lipinski definition) is 9. The molecule has 3 aromatic rings. The second kappa shape index (κ2) is 6.73. The molecule has 1 amide bonds. The fraction of sp³-hybridized carbons (Fsp3) is 0.357. The highest BCUT2D eigenvalue weighted by Crippen LogP contribution is 2.31. The minimum Gasteiger partial charge on any atom is -0.410 e. The van der Waals surface area contributed by atoms with Gasteiger partial charge in [0.05, 0.1) is 21.6 Å². The fourth-order valence-electron chi connectivity index (χ4n) is 1.93. The maximum Gasteiger partial charge on any atom is 0.277 e. The summed E-state index contributed by atoms with van der Waals surface area (Å²) in [5, 5.41) is 15.2. The lowest BCUT2D eigenvalue weighted by molar-refractivity contribution is -0.115. The van der Waals surface area contributed by atoms with Crippen molar-refractivity contribution in [3.8, 4) is 10.8 Å². The molecule has 1 unspecified atom stereocenters. The normalized spacial score (nSPS) is 12.3. The second-order valence-corrected chi connectivity index (χ2v) is 7.60. The maximum atomic E-state index is 12.1. The lowest BCUT2D eigenvalue weighted by Gasteiger charge is -2.06. The van der Waals surface area contributed by atoms with Crippen LogP contribution in [0.25, 0.3) is 10.8 Å². The Morgan fingerprint density at radius 3 is 2.75 bits per heavy atom. The second-order valence-electron chi connectivity index (χ2n) is 5.10. The highest BCUT2D eigenvalue weighted by Gasteiger charge is 2.21. The van der Waals surface area contributed by atoms with E-state index in [1.54, 1.807) is 19.9 Å². The van der Waals surface area contributed by atoms with Gasteiger partial charge in [-0.2, -0.15) is 0 Å². The summed E-state index contributed by atoms with van der Waals surface area (Å²) in [7, 11) is 0. The van der Waals surface area contributed by atoms with E-state index in [4.69, 9.17) is 8.94 Å². The third kappa shape index (κ3) is 3.65. The number of aryl methyl sites for hydroxylation is 3. The molecule has 24 heavy (non-hydrogen) atoms. The van der Waals surface area contributed by atoms with Crippen LogP contribution in [0.5, 0.6) is 0 Å². The van der Waals surface area contributed by atoms with Crippen molar-refractivity contribution in [3.05, 3.63) is 22.5 Å². The van der Waals surface area contributed by atoms with Crippen LogP contribution in [0.3, 0.4) is 0 Å². The number of carbonyl (C=O) groups excluding carboxylic acids is 1. The summed E-state index contributed by atoms with van der Waals surface area (Å²) in [6.45, 7) is 7.34. The molecular weight excluding hydrogens is 350 g/mol. The highest BCUT2D eigenvalue weighted by molar-refractivity contribution is 8.00. The van der Waals surface area contributed by atoms with Crippen LogP contribution in [0.4, 0.5) is 5.88 Å². The number of thioether (sulfide) groups is 1. The summed E-state index contributed by atoms with van der Waals surface area (Å²) in [6, 6.07) is 1.65. The summed E-state index contributed by atoms with van der Waals surface area (Å²) in [4.78, 5) is 17.3. The first kappa shape index (κ1) is 16.7. The Kier molecular flexibility index (Phi) is 4.67. The van der Waals surface area contributed by atoms with Crippen LogP contribution in [0.15, 0.2) is 20.2 Å². The van der Waals surface area contributed by atoms with Crippen LogP contribution in [0.1, 0.15) is 23.3 Å². The van der Waals surface area contributed by atoms with Crippen molar-refractivity contribution < 1.29 is 13.7 Å². The monoisotopic (exact) mass is 365 g/mol. The first-order chi connectivity index (χ1) is 11.4. The van der Waals surface area contributed by atoms with Crippen LogP contribution < -0.4 is 5.32 Å². The third-order valence-electron chi connectivity index (χ3n) is 3.03. The number of nitrogens with one attached hydrogen (secondary N) is 1. The number of rotatable bonds is 5. The first-order valence-electron chi connectivity index (χ1n) is 7.11. The fourth-order valence-corrected chi connectivity index (χ4v) is 3.45. The SMILES string of the molecule is Cc1cc(NC(=O)C(C)Sc2nnc(-c3sc(C)nc3C)o2)on1. The Bertz CT molecular complexity index is 870. The number of nitrogens with zero attached hydrogens (tertiary/aromatic N) is 4. The van der Waals surface area contributed by atoms with Gasteiger partial charge in [0.15, 0.2) is 0 Å². The minimum atomic E-state index is -0.437. The van der Waals surface area contributed by atoms with Gasteiger partial charge >= 0.3 is 0 Å². The molecule has 1 atom stereocenters. The summed E-state index contributed by atoms with van der Waals surface area (Å²) in [5.41, 5.74) is 1.55. The number of aromatic nitrogens is 4. The van der Waals surface area contributed by atoms with Gasteiger partial charge in [-0.3, -0.25) is 10.1 Å². The lowest BCUT2D eigenvalue weighted by atomic mass is 10.4. The van der Waals surface area contributed by atoms with Crippen molar-refractivity contribution in [3.63, 3.8) is 0 Å². The van der Waals surface area contributed by atoms with Crippen molar-refractivity contribution >= 4 is 34.9 Å².